The number of aromatic nitrogens is 4. The van der Waals surface area contributed by atoms with Crippen LogP contribution in [0.1, 0.15) is 93.1 Å². The molecule has 5 heterocycles. The van der Waals surface area contributed by atoms with Gasteiger partial charge in [-0.05, 0) is 85.2 Å². The lowest BCUT2D eigenvalue weighted by Crippen LogP contribution is -1.86. The summed E-state index contributed by atoms with van der Waals surface area (Å²) in [5.74, 6) is 0. The van der Waals surface area contributed by atoms with Crippen LogP contribution >= 0.6 is 0 Å². The first-order chi connectivity index (χ1) is 17.2. The van der Waals surface area contributed by atoms with Crippen molar-refractivity contribution >= 4 is 46.4 Å². The second-order valence-corrected chi connectivity index (χ2v) is 9.78. The van der Waals surface area contributed by atoms with Crippen LogP contribution in [0.15, 0.2) is 42.5 Å². The molecule has 2 aliphatic rings. The van der Waals surface area contributed by atoms with Crippen LogP contribution in [0, 0.1) is 0 Å². The predicted molar refractivity (Wildman–Crippen MR) is 150 cm³/mol. The number of H-pyrrole nitrogens is 2. The third kappa shape index (κ3) is 6.39. The van der Waals surface area contributed by atoms with E-state index in [1.807, 2.05) is 18.2 Å². The molecule has 0 amide bonds. The molecule has 5 rings (SSSR count). The van der Waals surface area contributed by atoms with Gasteiger partial charge in [-0.2, -0.15) is 0 Å². The predicted octanol–water partition coefficient (Wildman–Crippen LogP) is 8.73. The van der Waals surface area contributed by atoms with E-state index >= 15 is 0 Å². The Morgan fingerprint density at radius 3 is 1.80 bits per heavy atom. The molecule has 3 aromatic rings. The topological polar surface area (TPSA) is 57.4 Å². The third-order valence-electron chi connectivity index (χ3n) is 6.80. The van der Waals surface area contributed by atoms with Crippen molar-refractivity contribution in [2.75, 3.05) is 0 Å². The van der Waals surface area contributed by atoms with Crippen molar-refractivity contribution in [2.45, 2.75) is 71.1 Å². The van der Waals surface area contributed by atoms with Crippen LogP contribution in [-0.4, -0.2) is 19.9 Å². The van der Waals surface area contributed by atoms with Gasteiger partial charge in [-0.1, -0.05) is 58.3 Å². The molecule has 0 atom stereocenters. The van der Waals surface area contributed by atoms with Gasteiger partial charge in [0.1, 0.15) is 0 Å². The van der Waals surface area contributed by atoms with E-state index < -0.39 is 0 Å². The number of nitrogens with zero attached hydrogens (tertiary/aromatic N) is 2. The van der Waals surface area contributed by atoms with Gasteiger partial charge in [-0.25, -0.2) is 9.97 Å². The zero-order valence-electron chi connectivity index (χ0n) is 20.8. The highest BCUT2D eigenvalue weighted by Crippen LogP contribution is 2.21. The minimum atomic E-state index is 0.930. The van der Waals surface area contributed by atoms with Gasteiger partial charge in [-0.15, -0.1) is 0 Å². The zero-order chi connectivity index (χ0) is 23.9. The molecule has 4 heteroatoms. The number of nitrogens with one attached hydrogen (secondary N) is 2. The summed E-state index contributed by atoms with van der Waals surface area (Å²) in [6.45, 7) is 2.28. The fourth-order valence-electron chi connectivity index (χ4n) is 4.91. The second-order valence-electron chi connectivity index (χ2n) is 9.78. The highest BCUT2D eigenvalue weighted by Gasteiger charge is 2.05. The van der Waals surface area contributed by atoms with Gasteiger partial charge >= 0.3 is 0 Å². The van der Waals surface area contributed by atoms with E-state index in [2.05, 4.69) is 65.4 Å². The van der Waals surface area contributed by atoms with Crippen molar-refractivity contribution in [1.29, 1.82) is 0 Å². The monoisotopic (exact) mass is 464 g/mol. The molecule has 8 bridgehead atoms. The van der Waals surface area contributed by atoms with Crippen LogP contribution in [-0.2, 0) is 6.42 Å². The van der Waals surface area contributed by atoms with Crippen LogP contribution in [0.5, 0.6) is 0 Å². The lowest BCUT2D eigenvalue weighted by Gasteiger charge is -2.02. The Labute approximate surface area is 208 Å². The minimum Gasteiger partial charge on any atom is -0.355 e. The average Bonchev–Trinajstić information content (AvgIpc) is 3.64. The lowest BCUT2D eigenvalue weighted by molar-refractivity contribution is 0.565. The maximum Gasteiger partial charge on any atom is 0.0659 e. The van der Waals surface area contributed by atoms with Gasteiger partial charge in [0.15, 0.2) is 0 Å². The van der Waals surface area contributed by atoms with Gasteiger partial charge in [0.25, 0.3) is 0 Å². The number of rotatable bonds is 10. The fraction of sp³-hybridized carbons (Fsp3) is 0.355. The summed E-state index contributed by atoms with van der Waals surface area (Å²) in [6.07, 6.45) is 21.5. The molecule has 0 spiro atoms. The molecule has 0 saturated carbocycles. The van der Waals surface area contributed by atoms with Crippen molar-refractivity contribution in [3.8, 4) is 0 Å². The summed E-state index contributed by atoms with van der Waals surface area (Å²) >= 11 is 0. The summed E-state index contributed by atoms with van der Waals surface area (Å²) in [6, 6.07) is 15.0. The number of fused-ring (bicyclic) bond motifs is 8. The average molecular weight is 465 g/mol. The Bertz CT molecular complexity index is 1370. The number of unbranched alkanes of at least 4 members (excludes halogenated alkanes) is 8. The van der Waals surface area contributed by atoms with E-state index in [-0.39, 0.29) is 0 Å². The van der Waals surface area contributed by atoms with E-state index in [4.69, 9.17) is 9.97 Å². The Kier molecular flexibility index (Phi) is 7.57. The van der Waals surface area contributed by atoms with Crippen molar-refractivity contribution in [3.05, 3.63) is 70.8 Å². The van der Waals surface area contributed by atoms with Crippen LogP contribution in [0.25, 0.3) is 46.4 Å². The first-order valence-corrected chi connectivity index (χ1v) is 13.3. The lowest BCUT2D eigenvalue weighted by atomic mass is 10.0. The highest BCUT2D eigenvalue weighted by atomic mass is 14.8. The SMILES string of the molecule is CCCCCCCCCCCc1cc2cc3ccc(cc4nc(cc5nc(cc1[nH]2)C=C5)C=C4)[nH]3. The van der Waals surface area contributed by atoms with Crippen LogP contribution in [0.3, 0.4) is 0 Å². The first kappa shape index (κ1) is 23.3. The summed E-state index contributed by atoms with van der Waals surface area (Å²) in [5, 5.41) is 0. The molecule has 180 valence electrons. The third-order valence-corrected chi connectivity index (χ3v) is 6.80. The van der Waals surface area contributed by atoms with Gasteiger partial charge in [0.05, 0.1) is 22.8 Å². The fourth-order valence-corrected chi connectivity index (χ4v) is 4.91. The summed E-state index contributed by atoms with van der Waals surface area (Å²) in [7, 11) is 0. The molecular formula is C31H36N4. The maximum atomic E-state index is 4.81. The van der Waals surface area contributed by atoms with Crippen LogP contribution in [0.2, 0.25) is 0 Å². The van der Waals surface area contributed by atoms with Crippen molar-refractivity contribution in [2.24, 2.45) is 0 Å². The molecule has 0 aromatic carbocycles. The molecule has 2 aliphatic heterocycles. The Hall–Kier alpha value is -3.40. The van der Waals surface area contributed by atoms with Crippen molar-refractivity contribution in [1.82, 2.24) is 19.9 Å². The summed E-state index contributed by atoms with van der Waals surface area (Å²) < 4.78 is 0. The van der Waals surface area contributed by atoms with Gasteiger partial charge in [0, 0.05) is 22.1 Å². The van der Waals surface area contributed by atoms with Crippen molar-refractivity contribution in [3.63, 3.8) is 0 Å². The summed E-state index contributed by atoms with van der Waals surface area (Å²) in [4.78, 5) is 16.7. The van der Waals surface area contributed by atoms with E-state index in [9.17, 15) is 0 Å². The Morgan fingerprint density at radius 1 is 0.543 bits per heavy atom. The quantitative estimate of drug-likeness (QED) is 0.203. The molecule has 0 fully saturated rings. The van der Waals surface area contributed by atoms with E-state index in [1.165, 1.54) is 68.9 Å². The standard InChI is InChI=1S/C31H36N4/c1-2-3-4-5-6-7-8-9-10-11-23-18-30-21-28-15-14-26(33-28)19-24-12-13-25(32-24)20-27-16-17-29(34-27)22-31(23)35-30/h12-22,33,35H,2-11H2,1H3. The number of hydrogen-bond acceptors (Lipinski definition) is 2. The molecular weight excluding hydrogens is 428 g/mol. The normalized spacial score (nSPS) is 12.5. The molecule has 0 radical (unpaired) electrons. The van der Waals surface area contributed by atoms with E-state index in [0.717, 1.165) is 45.7 Å². The molecule has 0 unspecified atom stereocenters. The minimum absolute atomic E-state index is 0.930. The number of aromatic amines is 2. The van der Waals surface area contributed by atoms with Crippen LogP contribution < -0.4 is 0 Å². The van der Waals surface area contributed by atoms with Gasteiger partial charge in [-0.3, -0.25) is 0 Å². The molecule has 2 N–H and O–H groups in total. The number of aryl methyl sites for hydroxylation is 1. The molecule has 0 saturated heterocycles. The molecule has 3 aromatic heterocycles. The Morgan fingerprint density at radius 2 is 1.11 bits per heavy atom. The summed E-state index contributed by atoms with van der Waals surface area (Å²) in [5.41, 5.74) is 9.58. The smallest absolute Gasteiger partial charge is 0.0659 e. The highest BCUT2D eigenvalue weighted by molar-refractivity contribution is 5.78. The Balaban J connectivity index is 1.39. The van der Waals surface area contributed by atoms with Gasteiger partial charge in [0.2, 0.25) is 0 Å². The second kappa shape index (κ2) is 11.4. The largest absolute Gasteiger partial charge is 0.355 e. The molecule has 0 aliphatic carbocycles. The first-order valence-electron chi connectivity index (χ1n) is 13.3. The number of hydrogen-bond donors (Lipinski definition) is 2. The van der Waals surface area contributed by atoms with Crippen molar-refractivity contribution < 1.29 is 0 Å². The van der Waals surface area contributed by atoms with E-state index in [1.54, 1.807) is 0 Å². The maximum absolute atomic E-state index is 4.81. The van der Waals surface area contributed by atoms with Gasteiger partial charge < -0.3 is 9.97 Å². The molecule has 4 nitrogen and oxygen atoms in total. The van der Waals surface area contributed by atoms with Crippen LogP contribution in [0.4, 0.5) is 0 Å². The zero-order valence-corrected chi connectivity index (χ0v) is 20.8. The van der Waals surface area contributed by atoms with E-state index in [0.29, 0.717) is 0 Å². The molecule has 35 heavy (non-hydrogen) atoms.